The normalized spacial score (nSPS) is 11.6. The Hall–Kier alpha value is -1.60. The third-order valence-electron chi connectivity index (χ3n) is 2.20. The fraction of sp³-hybridized carbons (Fsp3) is 0.300. The van der Waals surface area contributed by atoms with Crippen LogP contribution in [-0.2, 0) is 21.4 Å². The molecule has 0 aliphatic carbocycles. The van der Waals surface area contributed by atoms with E-state index in [2.05, 4.69) is 0 Å². The van der Waals surface area contributed by atoms with E-state index in [1.807, 2.05) is 0 Å². The molecule has 94 valence electrons. The van der Waals surface area contributed by atoms with Crippen molar-refractivity contribution in [3.05, 3.63) is 29.8 Å². The smallest absolute Gasteiger partial charge is 0.232 e. The number of sulfonamides is 1. The second-order valence-corrected chi connectivity index (χ2v) is 5.68. The topological polar surface area (TPSA) is 106 Å². The lowest BCUT2D eigenvalue weighted by Gasteiger charge is -2.19. The molecule has 4 N–H and O–H groups in total. The molecular formula is C10H15N3O3S. The molecule has 1 aromatic carbocycles. The van der Waals surface area contributed by atoms with Crippen LogP contribution in [0.3, 0.4) is 0 Å². The molecule has 6 nitrogen and oxygen atoms in total. The van der Waals surface area contributed by atoms with Gasteiger partial charge in [-0.2, -0.15) is 4.31 Å². The highest BCUT2D eigenvalue weighted by atomic mass is 32.2. The first kappa shape index (κ1) is 13.5. The van der Waals surface area contributed by atoms with Gasteiger partial charge in [-0.05, 0) is 11.6 Å². The van der Waals surface area contributed by atoms with Crippen LogP contribution in [0.4, 0.5) is 5.69 Å². The van der Waals surface area contributed by atoms with E-state index in [0.29, 0.717) is 11.3 Å². The van der Waals surface area contributed by atoms with Crippen LogP contribution >= 0.6 is 0 Å². The van der Waals surface area contributed by atoms with E-state index in [0.717, 1.165) is 10.6 Å². The average molecular weight is 257 g/mol. The SMILES string of the molecule is CS(=O)(=O)N(CC(N)=O)Cc1ccccc1N. The lowest BCUT2D eigenvalue weighted by atomic mass is 10.2. The molecule has 0 spiro atoms. The third-order valence-corrected chi connectivity index (χ3v) is 3.40. The first-order chi connectivity index (χ1) is 7.80. The number of rotatable bonds is 5. The van der Waals surface area contributed by atoms with Crippen molar-refractivity contribution in [1.82, 2.24) is 4.31 Å². The van der Waals surface area contributed by atoms with Crippen molar-refractivity contribution in [2.24, 2.45) is 5.73 Å². The van der Waals surface area contributed by atoms with E-state index >= 15 is 0 Å². The van der Waals surface area contributed by atoms with Crippen molar-refractivity contribution in [3.8, 4) is 0 Å². The Labute approximate surface area is 100 Å². The summed E-state index contributed by atoms with van der Waals surface area (Å²) in [6, 6.07) is 6.86. The van der Waals surface area contributed by atoms with E-state index in [-0.39, 0.29) is 13.1 Å². The van der Waals surface area contributed by atoms with Crippen LogP contribution in [0.1, 0.15) is 5.56 Å². The molecule has 7 heteroatoms. The van der Waals surface area contributed by atoms with Gasteiger partial charge in [0.05, 0.1) is 12.8 Å². The molecule has 0 heterocycles. The lowest BCUT2D eigenvalue weighted by Crippen LogP contribution is -2.37. The van der Waals surface area contributed by atoms with Gasteiger partial charge in [0.25, 0.3) is 0 Å². The van der Waals surface area contributed by atoms with Crippen molar-refractivity contribution in [1.29, 1.82) is 0 Å². The minimum absolute atomic E-state index is 0.0362. The number of carbonyl (C=O) groups is 1. The van der Waals surface area contributed by atoms with Crippen LogP contribution in [0, 0.1) is 0 Å². The molecule has 1 amide bonds. The Morgan fingerprint density at radius 3 is 2.41 bits per heavy atom. The van der Waals surface area contributed by atoms with Crippen LogP contribution in [-0.4, -0.2) is 31.4 Å². The van der Waals surface area contributed by atoms with Gasteiger partial charge in [0.1, 0.15) is 0 Å². The summed E-state index contributed by atoms with van der Waals surface area (Å²) in [5.41, 5.74) is 11.8. The first-order valence-corrected chi connectivity index (χ1v) is 6.72. The van der Waals surface area contributed by atoms with Crippen molar-refractivity contribution < 1.29 is 13.2 Å². The monoisotopic (exact) mass is 257 g/mol. The summed E-state index contributed by atoms with van der Waals surface area (Å²) < 4.78 is 23.9. The zero-order valence-corrected chi connectivity index (χ0v) is 10.3. The highest BCUT2D eigenvalue weighted by molar-refractivity contribution is 7.88. The van der Waals surface area contributed by atoms with Crippen LogP contribution in [0.2, 0.25) is 0 Å². The van der Waals surface area contributed by atoms with Crippen molar-refractivity contribution >= 4 is 21.6 Å². The molecule has 17 heavy (non-hydrogen) atoms. The number of para-hydroxylation sites is 1. The number of nitrogen functional groups attached to an aromatic ring is 1. The Bertz CT molecular complexity index is 513. The number of nitrogens with two attached hydrogens (primary N) is 2. The van der Waals surface area contributed by atoms with E-state index in [1.54, 1.807) is 24.3 Å². The minimum atomic E-state index is -3.50. The number of nitrogens with zero attached hydrogens (tertiary/aromatic N) is 1. The zero-order valence-electron chi connectivity index (χ0n) is 9.46. The number of primary amides is 1. The van der Waals surface area contributed by atoms with Crippen LogP contribution in [0.25, 0.3) is 0 Å². The maximum Gasteiger partial charge on any atom is 0.232 e. The highest BCUT2D eigenvalue weighted by Crippen LogP contribution is 2.14. The van der Waals surface area contributed by atoms with Crippen LogP contribution < -0.4 is 11.5 Å². The standard InChI is InChI=1S/C10H15N3O3S/c1-17(15,16)13(7-10(12)14)6-8-4-2-3-5-9(8)11/h2-5H,6-7,11H2,1H3,(H2,12,14). The second-order valence-electron chi connectivity index (χ2n) is 3.70. The number of carbonyl (C=O) groups excluding carboxylic acids is 1. The first-order valence-electron chi connectivity index (χ1n) is 4.87. The molecule has 0 fully saturated rings. The largest absolute Gasteiger partial charge is 0.398 e. The molecule has 0 bridgehead atoms. The third kappa shape index (κ3) is 4.04. The predicted molar refractivity (Wildman–Crippen MR) is 65.3 cm³/mol. The van der Waals surface area contributed by atoms with Gasteiger partial charge in [0, 0.05) is 12.2 Å². The number of amides is 1. The van der Waals surface area contributed by atoms with Gasteiger partial charge in [-0.3, -0.25) is 4.79 Å². The minimum Gasteiger partial charge on any atom is -0.398 e. The predicted octanol–water partition coefficient (Wildman–Crippen LogP) is -0.484. The molecule has 1 rings (SSSR count). The van der Waals surface area contributed by atoms with E-state index in [9.17, 15) is 13.2 Å². The summed E-state index contributed by atoms with van der Waals surface area (Å²) >= 11 is 0. The van der Waals surface area contributed by atoms with Gasteiger partial charge in [0.15, 0.2) is 0 Å². The molecule has 0 aromatic heterocycles. The average Bonchev–Trinajstić information content (AvgIpc) is 2.18. The quantitative estimate of drug-likeness (QED) is 0.694. The molecule has 0 saturated heterocycles. The van der Waals surface area contributed by atoms with Crippen molar-refractivity contribution in [2.75, 3.05) is 18.5 Å². The van der Waals surface area contributed by atoms with Gasteiger partial charge in [-0.15, -0.1) is 0 Å². The number of hydrogen-bond acceptors (Lipinski definition) is 4. The molecule has 1 aromatic rings. The number of benzene rings is 1. The summed E-state index contributed by atoms with van der Waals surface area (Å²) in [6.07, 6.45) is 1.02. The van der Waals surface area contributed by atoms with E-state index < -0.39 is 15.9 Å². The van der Waals surface area contributed by atoms with Crippen LogP contribution in [0.15, 0.2) is 24.3 Å². The highest BCUT2D eigenvalue weighted by Gasteiger charge is 2.19. The summed E-state index contributed by atoms with van der Waals surface area (Å²) in [6.45, 7) is -0.318. The van der Waals surface area contributed by atoms with Gasteiger partial charge in [-0.25, -0.2) is 8.42 Å². The maximum atomic E-state index is 11.5. The van der Waals surface area contributed by atoms with E-state index in [4.69, 9.17) is 11.5 Å². The molecule has 0 unspecified atom stereocenters. The maximum absolute atomic E-state index is 11.5. The van der Waals surface area contributed by atoms with Crippen LogP contribution in [0.5, 0.6) is 0 Å². The summed E-state index contributed by atoms with van der Waals surface area (Å²) in [5, 5.41) is 0. The van der Waals surface area contributed by atoms with E-state index in [1.165, 1.54) is 0 Å². The summed E-state index contributed by atoms with van der Waals surface area (Å²) in [4.78, 5) is 10.8. The fourth-order valence-electron chi connectivity index (χ4n) is 1.33. The molecular weight excluding hydrogens is 242 g/mol. The lowest BCUT2D eigenvalue weighted by molar-refractivity contribution is -0.118. The molecule has 0 aliphatic heterocycles. The number of anilines is 1. The Morgan fingerprint density at radius 2 is 1.94 bits per heavy atom. The van der Waals surface area contributed by atoms with Gasteiger partial charge >= 0.3 is 0 Å². The zero-order chi connectivity index (χ0) is 13.1. The fourth-order valence-corrected chi connectivity index (χ4v) is 2.07. The molecule has 0 saturated carbocycles. The van der Waals surface area contributed by atoms with Gasteiger partial charge in [-0.1, -0.05) is 18.2 Å². The number of hydrogen-bond donors (Lipinski definition) is 2. The molecule has 0 radical (unpaired) electrons. The van der Waals surface area contributed by atoms with Gasteiger partial charge in [0.2, 0.25) is 15.9 Å². The summed E-state index contributed by atoms with van der Waals surface area (Å²) in [5.74, 6) is -0.704. The Morgan fingerprint density at radius 1 is 1.35 bits per heavy atom. The Kier molecular flexibility index (Phi) is 4.08. The molecule has 0 atom stereocenters. The molecule has 0 aliphatic rings. The van der Waals surface area contributed by atoms with Gasteiger partial charge < -0.3 is 11.5 Å². The van der Waals surface area contributed by atoms with Crippen molar-refractivity contribution in [3.63, 3.8) is 0 Å². The van der Waals surface area contributed by atoms with Crippen molar-refractivity contribution in [2.45, 2.75) is 6.54 Å². The summed E-state index contributed by atoms with van der Waals surface area (Å²) in [7, 11) is -3.50. The Balaban J connectivity index is 2.95. The second kappa shape index (κ2) is 5.15.